The first kappa shape index (κ1) is 11.2. The lowest BCUT2D eigenvalue weighted by atomic mass is 10.1. The Bertz CT molecular complexity index is 635. The van der Waals surface area contributed by atoms with E-state index in [0.717, 1.165) is 11.1 Å². The minimum absolute atomic E-state index is 0.0525. The van der Waals surface area contributed by atoms with Gasteiger partial charge in [-0.15, -0.1) is 0 Å². The van der Waals surface area contributed by atoms with E-state index in [9.17, 15) is 4.79 Å². The van der Waals surface area contributed by atoms with Gasteiger partial charge in [-0.25, -0.2) is 0 Å². The molecule has 0 aliphatic rings. The van der Waals surface area contributed by atoms with E-state index in [2.05, 4.69) is 6.07 Å². The molecule has 0 radical (unpaired) electrons. The molecule has 1 aromatic heterocycles. The van der Waals surface area contributed by atoms with Crippen molar-refractivity contribution in [2.75, 3.05) is 0 Å². The van der Waals surface area contributed by atoms with Crippen molar-refractivity contribution in [1.82, 2.24) is 4.57 Å². The SMILES string of the molecule is Cc1ccc(=O)n(Cc2ccccc2C#N)c1. The molecule has 0 aliphatic heterocycles. The van der Waals surface area contributed by atoms with Gasteiger partial charge in [0.15, 0.2) is 0 Å². The summed E-state index contributed by atoms with van der Waals surface area (Å²) in [4.78, 5) is 11.7. The lowest BCUT2D eigenvalue weighted by Crippen LogP contribution is -2.19. The Balaban J connectivity index is 2.42. The van der Waals surface area contributed by atoms with E-state index in [0.29, 0.717) is 12.1 Å². The number of hydrogen-bond acceptors (Lipinski definition) is 2. The first-order valence-corrected chi connectivity index (χ1v) is 5.36. The molecule has 0 atom stereocenters. The van der Waals surface area contributed by atoms with Crippen molar-refractivity contribution in [2.24, 2.45) is 0 Å². The summed E-state index contributed by atoms with van der Waals surface area (Å²) < 4.78 is 1.62. The number of nitrogens with zero attached hydrogens (tertiary/aromatic N) is 2. The van der Waals surface area contributed by atoms with Gasteiger partial charge < -0.3 is 4.57 Å². The van der Waals surface area contributed by atoms with Gasteiger partial charge in [0.25, 0.3) is 5.56 Å². The number of nitriles is 1. The van der Waals surface area contributed by atoms with E-state index in [-0.39, 0.29) is 5.56 Å². The van der Waals surface area contributed by atoms with Crippen LogP contribution in [0.15, 0.2) is 47.4 Å². The molecule has 0 aliphatic carbocycles. The number of benzene rings is 1. The molecule has 84 valence electrons. The van der Waals surface area contributed by atoms with E-state index in [4.69, 9.17) is 5.26 Å². The highest BCUT2D eigenvalue weighted by atomic mass is 16.1. The standard InChI is InChI=1S/C14H12N2O/c1-11-6-7-14(17)16(9-11)10-13-5-3-2-4-12(13)8-15/h2-7,9H,10H2,1H3. The van der Waals surface area contributed by atoms with Crippen molar-refractivity contribution in [2.45, 2.75) is 13.5 Å². The van der Waals surface area contributed by atoms with Crippen LogP contribution in [0.2, 0.25) is 0 Å². The van der Waals surface area contributed by atoms with E-state index in [1.165, 1.54) is 0 Å². The normalized spacial score (nSPS) is 9.88. The van der Waals surface area contributed by atoms with Crippen molar-refractivity contribution in [3.8, 4) is 6.07 Å². The number of aromatic nitrogens is 1. The van der Waals surface area contributed by atoms with Crippen molar-refractivity contribution in [3.05, 3.63) is 69.6 Å². The molecule has 1 heterocycles. The summed E-state index contributed by atoms with van der Waals surface area (Å²) in [5, 5.41) is 8.98. The Morgan fingerprint density at radius 3 is 2.76 bits per heavy atom. The summed E-state index contributed by atoms with van der Waals surface area (Å²) in [7, 11) is 0. The van der Waals surface area contributed by atoms with Crippen LogP contribution in [-0.2, 0) is 6.54 Å². The molecule has 17 heavy (non-hydrogen) atoms. The fourth-order valence-electron chi connectivity index (χ4n) is 1.73. The van der Waals surface area contributed by atoms with Gasteiger partial charge >= 0.3 is 0 Å². The zero-order valence-corrected chi connectivity index (χ0v) is 9.55. The van der Waals surface area contributed by atoms with Gasteiger partial charge in [0, 0.05) is 12.3 Å². The number of aryl methyl sites for hydroxylation is 1. The van der Waals surface area contributed by atoms with Gasteiger partial charge in [0.05, 0.1) is 18.2 Å². The summed E-state index contributed by atoms with van der Waals surface area (Å²) in [5.74, 6) is 0. The Hall–Kier alpha value is -2.34. The second-order valence-electron chi connectivity index (χ2n) is 3.94. The van der Waals surface area contributed by atoms with Gasteiger partial charge in [-0.1, -0.05) is 24.3 Å². The highest BCUT2D eigenvalue weighted by Gasteiger charge is 2.03. The van der Waals surface area contributed by atoms with Crippen LogP contribution in [0, 0.1) is 18.3 Å². The highest BCUT2D eigenvalue weighted by Crippen LogP contribution is 2.08. The molecule has 0 saturated heterocycles. The van der Waals surface area contributed by atoms with Gasteiger partial charge in [-0.3, -0.25) is 4.79 Å². The summed E-state index contributed by atoms with van der Waals surface area (Å²) in [5.41, 5.74) is 2.45. The van der Waals surface area contributed by atoms with Crippen LogP contribution in [0.1, 0.15) is 16.7 Å². The molecule has 1 aromatic carbocycles. The van der Waals surface area contributed by atoms with Gasteiger partial charge in [-0.2, -0.15) is 5.26 Å². The quantitative estimate of drug-likeness (QED) is 0.784. The lowest BCUT2D eigenvalue weighted by molar-refractivity contribution is 0.753. The Kier molecular flexibility index (Phi) is 3.06. The van der Waals surface area contributed by atoms with Crippen molar-refractivity contribution in [1.29, 1.82) is 5.26 Å². The third-order valence-electron chi connectivity index (χ3n) is 2.61. The number of rotatable bonds is 2. The van der Waals surface area contributed by atoms with Gasteiger partial charge in [0.1, 0.15) is 0 Å². The third kappa shape index (κ3) is 2.43. The molecule has 0 spiro atoms. The highest BCUT2D eigenvalue weighted by molar-refractivity contribution is 5.37. The smallest absolute Gasteiger partial charge is 0.250 e. The van der Waals surface area contributed by atoms with Crippen LogP contribution in [0.25, 0.3) is 0 Å². The first-order chi connectivity index (χ1) is 8.20. The predicted octanol–water partition coefficient (Wildman–Crippen LogP) is 2.08. The molecule has 3 heteroatoms. The van der Waals surface area contributed by atoms with Crippen LogP contribution in [0.4, 0.5) is 0 Å². The van der Waals surface area contributed by atoms with Crippen molar-refractivity contribution < 1.29 is 0 Å². The monoisotopic (exact) mass is 224 g/mol. The molecular formula is C14H12N2O. The molecule has 0 fully saturated rings. The fraction of sp³-hybridized carbons (Fsp3) is 0.143. The molecule has 0 saturated carbocycles. The molecular weight excluding hydrogens is 212 g/mol. The average Bonchev–Trinajstić information content (AvgIpc) is 2.34. The minimum Gasteiger partial charge on any atom is -0.311 e. The third-order valence-corrected chi connectivity index (χ3v) is 2.61. The fourth-order valence-corrected chi connectivity index (χ4v) is 1.73. The second kappa shape index (κ2) is 4.67. The van der Waals surface area contributed by atoms with E-state index < -0.39 is 0 Å². The predicted molar refractivity (Wildman–Crippen MR) is 65.7 cm³/mol. The van der Waals surface area contributed by atoms with E-state index in [1.807, 2.05) is 25.1 Å². The maximum Gasteiger partial charge on any atom is 0.250 e. The Morgan fingerprint density at radius 1 is 1.24 bits per heavy atom. The first-order valence-electron chi connectivity index (χ1n) is 5.36. The maximum atomic E-state index is 11.7. The van der Waals surface area contributed by atoms with Crippen LogP contribution in [0.3, 0.4) is 0 Å². The second-order valence-corrected chi connectivity index (χ2v) is 3.94. The van der Waals surface area contributed by atoms with Crippen LogP contribution in [0.5, 0.6) is 0 Å². The van der Waals surface area contributed by atoms with E-state index in [1.54, 1.807) is 29.0 Å². The maximum absolute atomic E-state index is 11.7. The zero-order chi connectivity index (χ0) is 12.3. The van der Waals surface area contributed by atoms with Crippen molar-refractivity contribution >= 4 is 0 Å². The topological polar surface area (TPSA) is 45.8 Å². The summed E-state index contributed by atoms with van der Waals surface area (Å²) >= 11 is 0. The summed E-state index contributed by atoms with van der Waals surface area (Å²) in [6, 6.07) is 12.8. The minimum atomic E-state index is -0.0525. The summed E-state index contributed by atoms with van der Waals surface area (Å²) in [6.07, 6.45) is 1.80. The lowest BCUT2D eigenvalue weighted by Gasteiger charge is -2.07. The zero-order valence-electron chi connectivity index (χ0n) is 9.55. The Morgan fingerprint density at radius 2 is 2.00 bits per heavy atom. The molecule has 2 aromatic rings. The largest absolute Gasteiger partial charge is 0.311 e. The van der Waals surface area contributed by atoms with Crippen LogP contribution in [-0.4, -0.2) is 4.57 Å². The average molecular weight is 224 g/mol. The van der Waals surface area contributed by atoms with Crippen molar-refractivity contribution in [3.63, 3.8) is 0 Å². The van der Waals surface area contributed by atoms with E-state index >= 15 is 0 Å². The van der Waals surface area contributed by atoms with Gasteiger partial charge in [0.2, 0.25) is 0 Å². The molecule has 0 amide bonds. The van der Waals surface area contributed by atoms with Crippen LogP contribution < -0.4 is 5.56 Å². The molecule has 0 N–H and O–H groups in total. The molecule has 3 nitrogen and oxygen atoms in total. The molecule has 0 unspecified atom stereocenters. The molecule has 0 bridgehead atoms. The Labute approximate surface area is 99.6 Å². The molecule has 2 rings (SSSR count). The summed E-state index contributed by atoms with van der Waals surface area (Å²) in [6.45, 7) is 2.37. The number of hydrogen-bond donors (Lipinski definition) is 0. The van der Waals surface area contributed by atoms with Gasteiger partial charge in [-0.05, 0) is 24.1 Å². The van der Waals surface area contributed by atoms with Crippen LogP contribution >= 0.6 is 0 Å². The number of pyridine rings is 1.